The molecule has 2 N–H and O–H groups in total. The van der Waals surface area contributed by atoms with Crippen molar-refractivity contribution in [1.29, 1.82) is 0 Å². The molecule has 16 heavy (non-hydrogen) atoms. The van der Waals surface area contributed by atoms with Gasteiger partial charge in [-0.15, -0.1) is 0 Å². The van der Waals surface area contributed by atoms with E-state index in [0.717, 1.165) is 15.8 Å². The zero-order chi connectivity index (χ0) is 12.1. The number of hydrogen-bond donors (Lipinski definition) is 1. The molecule has 0 aromatic heterocycles. The minimum Gasteiger partial charge on any atom is -0.496 e. The standard InChI is InChI=1S/C13H18BrNO/c1-9(2)13-10(5-4-6-15)7-11(14)8-12(13)16-3/h4-5,7-9H,6,15H2,1-3H3/b5-4+. The van der Waals surface area contributed by atoms with Gasteiger partial charge in [0.15, 0.2) is 0 Å². The molecule has 0 saturated heterocycles. The molecule has 0 aliphatic heterocycles. The average Bonchev–Trinajstić information content (AvgIpc) is 2.24. The number of methoxy groups -OCH3 is 1. The van der Waals surface area contributed by atoms with Gasteiger partial charge in [-0.05, 0) is 23.6 Å². The van der Waals surface area contributed by atoms with Gasteiger partial charge in [-0.3, -0.25) is 0 Å². The van der Waals surface area contributed by atoms with Crippen LogP contribution in [0.1, 0.15) is 30.9 Å². The molecule has 1 rings (SSSR count). The highest BCUT2D eigenvalue weighted by atomic mass is 79.9. The molecule has 0 aliphatic rings. The molecule has 0 bridgehead atoms. The zero-order valence-corrected chi connectivity index (χ0v) is 11.5. The van der Waals surface area contributed by atoms with E-state index in [2.05, 4.69) is 35.8 Å². The van der Waals surface area contributed by atoms with Gasteiger partial charge in [-0.1, -0.05) is 41.9 Å². The first kappa shape index (κ1) is 13.3. The Morgan fingerprint density at radius 3 is 2.62 bits per heavy atom. The van der Waals surface area contributed by atoms with Crippen LogP contribution in [0.15, 0.2) is 22.7 Å². The molecule has 0 unspecified atom stereocenters. The molecule has 0 spiro atoms. The van der Waals surface area contributed by atoms with Crippen LogP contribution in [0.3, 0.4) is 0 Å². The summed E-state index contributed by atoms with van der Waals surface area (Å²) in [6.07, 6.45) is 4.00. The van der Waals surface area contributed by atoms with Crippen LogP contribution in [0.5, 0.6) is 5.75 Å². The average molecular weight is 284 g/mol. The second kappa shape index (κ2) is 6.06. The molecule has 3 heteroatoms. The highest BCUT2D eigenvalue weighted by Crippen LogP contribution is 2.33. The van der Waals surface area contributed by atoms with Crippen molar-refractivity contribution < 1.29 is 4.74 Å². The molecule has 1 aromatic rings. The molecule has 0 radical (unpaired) electrons. The highest BCUT2D eigenvalue weighted by Gasteiger charge is 2.12. The number of nitrogens with two attached hydrogens (primary N) is 1. The van der Waals surface area contributed by atoms with Crippen LogP contribution in [0.25, 0.3) is 6.08 Å². The quantitative estimate of drug-likeness (QED) is 0.917. The van der Waals surface area contributed by atoms with Crippen molar-refractivity contribution >= 4 is 22.0 Å². The Kier molecular flexibility index (Phi) is 5.03. The van der Waals surface area contributed by atoms with Crippen molar-refractivity contribution in [3.05, 3.63) is 33.8 Å². The lowest BCUT2D eigenvalue weighted by Crippen LogP contribution is -1.99. The molecular formula is C13H18BrNO. The summed E-state index contributed by atoms with van der Waals surface area (Å²) in [5, 5.41) is 0. The molecule has 0 saturated carbocycles. The van der Waals surface area contributed by atoms with Gasteiger partial charge in [-0.25, -0.2) is 0 Å². The van der Waals surface area contributed by atoms with Gasteiger partial charge in [0.2, 0.25) is 0 Å². The van der Waals surface area contributed by atoms with Crippen molar-refractivity contribution in [2.45, 2.75) is 19.8 Å². The lowest BCUT2D eigenvalue weighted by Gasteiger charge is -2.15. The van der Waals surface area contributed by atoms with Crippen molar-refractivity contribution in [3.63, 3.8) is 0 Å². The number of rotatable bonds is 4. The highest BCUT2D eigenvalue weighted by molar-refractivity contribution is 9.10. The molecule has 88 valence electrons. The summed E-state index contributed by atoms with van der Waals surface area (Å²) >= 11 is 3.48. The van der Waals surface area contributed by atoms with Gasteiger partial charge in [0.1, 0.15) is 5.75 Å². The van der Waals surface area contributed by atoms with Gasteiger partial charge in [-0.2, -0.15) is 0 Å². The summed E-state index contributed by atoms with van der Waals surface area (Å²) in [6.45, 7) is 4.86. The molecule has 0 fully saturated rings. The lowest BCUT2D eigenvalue weighted by molar-refractivity contribution is 0.407. The van der Waals surface area contributed by atoms with E-state index in [9.17, 15) is 0 Å². The molecular weight excluding hydrogens is 266 g/mol. The third kappa shape index (κ3) is 3.09. The van der Waals surface area contributed by atoms with Gasteiger partial charge < -0.3 is 10.5 Å². The van der Waals surface area contributed by atoms with E-state index in [1.807, 2.05) is 18.2 Å². The Morgan fingerprint density at radius 2 is 2.12 bits per heavy atom. The SMILES string of the molecule is COc1cc(Br)cc(/C=C/CN)c1C(C)C. The first-order valence-corrected chi connectivity index (χ1v) is 6.13. The largest absolute Gasteiger partial charge is 0.496 e. The number of hydrogen-bond acceptors (Lipinski definition) is 2. The van der Waals surface area contributed by atoms with Crippen LogP contribution in [-0.4, -0.2) is 13.7 Å². The van der Waals surface area contributed by atoms with Gasteiger partial charge in [0, 0.05) is 16.6 Å². The Bertz CT molecular complexity index is 386. The fourth-order valence-electron chi connectivity index (χ4n) is 1.73. The van der Waals surface area contributed by atoms with Crippen LogP contribution < -0.4 is 10.5 Å². The summed E-state index contributed by atoms with van der Waals surface area (Å²) < 4.78 is 6.43. The summed E-state index contributed by atoms with van der Waals surface area (Å²) in [4.78, 5) is 0. The van der Waals surface area contributed by atoms with E-state index in [-0.39, 0.29) is 0 Å². The second-order valence-corrected chi connectivity index (χ2v) is 4.82. The molecule has 0 amide bonds. The Hall–Kier alpha value is -0.800. The van der Waals surface area contributed by atoms with E-state index >= 15 is 0 Å². The summed E-state index contributed by atoms with van der Waals surface area (Å²) in [5.41, 5.74) is 7.86. The number of ether oxygens (including phenoxy) is 1. The number of halogens is 1. The molecule has 0 atom stereocenters. The lowest BCUT2D eigenvalue weighted by atomic mass is 9.95. The predicted octanol–water partition coefficient (Wildman–Crippen LogP) is 3.55. The first-order valence-electron chi connectivity index (χ1n) is 5.34. The van der Waals surface area contributed by atoms with Crippen molar-refractivity contribution in [1.82, 2.24) is 0 Å². The van der Waals surface area contributed by atoms with Gasteiger partial charge >= 0.3 is 0 Å². The fraction of sp³-hybridized carbons (Fsp3) is 0.385. The minimum atomic E-state index is 0.417. The summed E-state index contributed by atoms with van der Waals surface area (Å²) in [5.74, 6) is 1.33. The van der Waals surface area contributed by atoms with Crippen LogP contribution in [0, 0.1) is 0 Å². The Balaban J connectivity index is 3.32. The van der Waals surface area contributed by atoms with Gasteiger partial charge in [0.25, 0.3) is 0 Å². The van der Waals surface area contributed by atoms with Crippen molar-refractivity contribution in [3.8, 4) is 5.75 Å². The second-order valence-electron chi connectivity index (χ2n) is 3.90. The molecule has 0 heterocycles. The van der Waals surface area contributed by atoms with E-state index in [1.165, 1.54) is 5.56 Å². The van der Waals surface area contributed by atoms with Crippen LogP contribution in [0.4, 0.5) is 0 Å². The molecule has 2 nitrogen and oxygen atoms in total. The maximum Gasteiger partial charge on any atom is 0.124 e. The maximum atomic E-state index is 5.48. The summed E-state index contributed by atoms with van der Waals surface area (Å²) in [7, 11) is 1.70. The number of benzene rings is 1. The smallest absolute Gasteiger partial charge is 0.124 e. The van der Waals surface area contributed by atoms with E-state index in [1.54, 1.807) is 7.11 Å². The van der Waals surface area contributed by atoms with Crippen molar-refractivity contribution in [2.24, 2.45) is 5.73 Å². The zero-order valence-electron chi connectivity index (χ0n) is 9.96. The molecule has 0 aliphatic carbocycles. The maximum absolute atomic E-state index is 5.48. The third-order valence-corrected chi connectivity index (χ3v) is 2.83. The Labute approximate surface area is 106 Å². The Morgan fingerprint density at radius 1 is 1.44 bits per heavy atom. The van der Waals surface area contributed by atoms with Crippen LogP contribution >= 0.6 is 15.9 Å². The topological polar surface area (TPSA) is 35.2 Å². The predicted molar refractivity (Wildman–Crippen MR) is 72.9 cm³/mol. The van der Waals surface area contributed by atoms with Crippen LogP contribution in [0.2, 0.25) is 0 Å². The minimum absolute atomic E-state index is 0.417. The molecule has 1 aromatic carbocycles. The normalized spacial score (nSPS) is 11.4. The van der Waals surface area contributed by atoms with E-state index < -0.39 is 0 Å². The fourth-order valence-corrected chi connectivity index (χ4v) is 2.19. The summed E-state index contributed by atoms with van der Waals surface area (Å²) in [6, 6.07) is 4.08. The van der Waals surface area contributed by atoms with E-state index in [4.69, 9.17) is 10.5 Å². The van der Waals surface area contributed by atoms with Gasteiger partial charge in [0.05, 0.1) is 7.11 Å². The van der Waals surface area contributed by atoms with Crippen molar-refractivity contribution in [2.75, 3.05) is 13.7 Å². The monoisotopic (exact) mass is 283 g/mol. The first-order chi connectivity index (χ1) is 7.60. The third-order valence-electron chi connectivity index (χ3n) is 2.37. The van der Waals surface area contributed by atoms with Crippen LogP contribution in [-0.2, 0) is 0 Å². The van der Waals surface area contributed by atoms with E-state index in [0.29, 0.717) is 12.5 Å².